The Bertz CT molecular complexity index is 907. The molecule has 1 radical (unpaired) electrons. The van der Waals surface area contributed by atoms with Crippen molar-refractivity contribution < 1.29 is 4.79 Å². The van der Waals surface area contributed by atoms with Gasteiger partial charge < -0.3 is 5.32 Å². The topological polar surface area (TPSA) is 54.9 Å². The third kappa shape index (κ3) is 2.78. The normalized spacial score (nSPS) is 13.7. The summed E-state index contributed by atoms with van der Waals surface area (Å²) in [6.45, 7) is 1.98. The molecule has 1 N–H and O–H groups in total. The van der Waals surface area contributed by atoms with Crippen molar-refractivity contribution in [1.82, 2.24) is 9.97 Å². The summed E-state index contributed by atoms with van der Waals surface area (Å²) in [6.07, 6.45) is 3.59. The first-order valence-electron chi connectivity index (χ1n) is 8.21. The fourth-order valence-electron chi connectivity index (χ4n) is 2.84. The lowest BCUT2D eigenvalue weighted by atomic mass is 9.72. The molecule has 4 nitrogen and oxygen atoms in total. The maximum absolute atomic E-state index is 12.0. The van der Waals surface area contributed by atoms with Crippen LogP contribution in [0.25, 0.3) is 22.2 Å². The van der Waals surface area contributed by atoms with E-state index in [0.717, 1.165) is 40.5 Å². The van der Waals surface area contributed by atoms with E-state index in [2.05, 4.69) is 33.5 Å². The maximum atomic E-state index is 12.0. The van der Waals surface area contributed by atoms with Crippen molar-refractivity contribution in [1.29, 1.82) is 0 Å². The van der Waals surface area contributed by atoms with E-state index >= 15 is 0 Å². The van der Waals surface area contributed by atoms with Gasteiger partial charge in [0, 0.05) is 11.5 Å². The second-order valence-electron chi connectivity index (χ2n) is 6.07. The van der Waals surface area contributed by atoms with Crippen molar-refractivity contribution in [3.05, 3.63) is 48.7 Å². The molecule has 24 heavy (non-hydrogen) atoms. The van der Waals surface area contributed by atoms with E-state index in [-0.39, 0.29) is 11.8 Å². The first kappa shape index (κ1) is 14.9. The number of nitrogens with zero attached hydrogens (tertiary/aromatic N) is 2. The number of hydrogen-bond acceptors (Lipinski definition) is 3. The molecular weight excluding hydrogens is 297 g/mol. The molecule has 4 rings (SSSR count). The molecule has 0 spiro atoms. The molecule has 1 heterocycles. The first-order chi connectivity index (χ1) is 11.8. The molecule has 0 bridgehead atoms. The summed E-state index contributed by atoms with van der Waals surface area (Å²) >= 11 is 0. The van der Waals surface area contributed by atoms with Gasteiger partial charge in [-0.25, -0.2) is 4.98 Å². The highest BCUT2D eigenvalue weighted by molar-refractivity contribution is 6.55. The highest BCUT2D eigenvalue weighted by Gasteiger charge is 2.29. The number of carbonyl (C=O) groups excluding carboxylic acids is 1. The van der Waals surface area contributed by atoms with Gasteiger partial charge in [-0.3, -0.25) is 9.78 Å². The fourth-order valence-corrected chi connectivity index (χ4v) is 2.84. The number of fused-ring (bicyclic) bond motifs is 1. The number of benzene rings is 2. The Hall–Kier alpha value is -2.69. The largest absolute Gasteiger partial charge is 0.309 e. The molecule has 0 aliphatic heterocycles. The van der Waals surface area contributed by atoms with E-state index < -0.39 is 0 Å². The zero-order chi connectivity index (χ0) is 16.5. The minimum absolute atomic E-state index is 0.0462. The third-order valence-corrected chi connectivity index (χ3v) is 4.33. The van der Waals surface area contributed by atoms with E-state index in [1.54, 1.807) is 6.20 Å². The second kappa shape index (κ2) is 6.08. The molecule has 0 unspecified atom stereocenters. The van der Waals surface area contributed by atoms with Crippen LogP contribution >= 0.6 is 0 Å². The van der Waals surface area contributed by atoms with Crippen molar-refractivity contribution in [3.63, 3.8) is 0 Å². The maximum Gasteiger partial charge on any atom is 0.228 e. The van der Waals surface area contributed by atoms with Gasteiger partial charge in [0.05, 0.1) is 17.2 Å². The molecular formula is C19H17BN3O. The predicted molar refractivity (Wildman–Crippen MR) is 97.6 cm³/mol. The van der Waals surface area contributed by atoms with Gasteiger partial charge in [-0.1, -0.05) is 54.8 Å². The molecule has 2 aromatic carbocycles. The summed E-state index contributed by atoms with van der Waals surface area (Å²) in [5.74, 6) is 0.716. The molecule has 1 aliphatic rings. The second-order valence-corrected chi connectivity index (χ2v) is 6.07. The smallest absolute Gasteiger partial charge is 0.228 e. The number of anilines is 1. The van der Waals surface area contributed by atoms with Crippen LogP contribution in [0.3, 0.4) is 0 Å². The van der Waals surface area contributed by atoms with Crippen LogP contribution in [0.2, 0.25) is 6.82 Å². The van der Waals surface area contributed by atoms with Gasteiger partial charge in [0.1, 0.15) is 0 Å². The number of rotatable bonds is 4. The van der Waals surface area contributed by atoms with E-state index in [4.69, 9.17) is 0 Å². The quantitative estimate of drug-likeness (QED) is 0.753. The van der Waals surface area contributed by atoms with Crippen molar-refractivity contribution in [3.8, 4) is 11.1 Å². The number of aromatic nitrogens is 2. The Morgan fingerprint density at radius 2 is 1.92 bits per heavy atom. The number of carbonyl (C=O) groups is 1. The Morgan fingerprint density at radius 1 is 1.12 bits per heavy atom. The Balaban J connectivity index is 1.81. The van der Waals surface area contributed by atoms with Crippen LogP contribution in [0.4, 0.5) is 5.82 Å². The molecule has 1 fully saturated rings. The molecule has 0 saturated heterocycles. The average molecular weight is 314 g/mol. The molecule has 1 aromatic heterocycles. The highest BCUT2D eigenvalue weighted by atomic mass is 16.2. The van der Waals surface area contributed by atoms with Crippen LogP contribution in [0.1, 0.15) is 12.8 Å². The molecule has 1 aliphatic carbocycles. The van der Waals surface area contributed by atoms with Gasteiger partial charge in [0.25, 0.3) is 0 Å². The zero-order valence-electron chi connectivity index (χ0n) is 13.5. The standard InChI is InChI=1S/C19H17BN3O/c1-20-15-10-9-14(12-5-3-2-4-6-12)17-18(15)22-16(11-21-17)23-19(24)13-7-8-13/h2-6,9-11,13H,7-8H2,1H3,(H,22,23,24). The lowest BCUT2D eigenvalue weighted by Gasteiger charge is -2.11. The number of nitrogens with one attached hydrogen (secondary N) is 1. The van der Waals surface area contributed by atoms with E-state index in [1.165, 1.54) is 0 Å². The molecule has 1 saturated carbocycles. The van der Waals surface area contributed by atoms with Gasteiger partial charge >= 0.3 is 0 Å². The number of amides is 1. The van der Waals surface area contributed by atoms with Gasteiger partial charge in [0.15, 0.2) is 13.1 Å². The van der Waals surface area contributed by atoms with Crippen molar-refractivity contribution >= 4 is 35.5 Å². The van der Waals surface area contributed by atoms with Gasteiger partial charge in [-0.15, -0.1) is 0 Å². The van der Waals surface area contributed by atoms with Crippen LogP contribution in [0, 0.1) is 5.92 Å². The Kier molecular flexibility index (Phi) is 3.77. The van der Waals surface area contributed by atoms with Crippen LogP contribution in [-0.4, -0.2) is 23.2 Å². The summed E-state index contributed by atoms with van der Waals surface area (Å²) in [6, 6.07) is 14.3. The predicted octanol–water partition coefficient (Wildman–Crippen LogP) is 3.02. The minimum Gasteiger partial charge on any atom is -0.309 e. The molecule has 117 valence electrons. The van der Waals surface area contributed by atoms with Crippen molar-refractivity contribution in [2.75, 3.05) is 5.32 Å². The van der Waals surface area contributed by atoms with Crippen molar-refractivity contribution in [2.24, 2.45) is 5.92 Å². The molecule has 1 amide bonds. The summed E-state index contributed by atoms with van der Waals surface area (Å²) in [5, 5.41) is 2.88. The van der Waals surface area contributed by atoms with Crippen LogP contribution in [0.5, 0.6) is 0 Å². The van der Waals surface area contributed by atoms with E-state index in [9.17, 15) is 4.79 Å². The highest BCUT2D eigenvalue weighted by Crippen LogP contribution is 2.30. The van der Waals surface area contributed by atoms with Gasteiger partial charge in [0.2, 0.25) is 5.91 Å². The van der Waals surface area contributed by atoms with Crippen LogP contribution in [0.15, 0.2) is 48.7 Å². The lowest BCUT2D eigenvalue weighted by Crippen LogP contribution is -2.18. The van der Waals surface area contributed by atoms with E-state index in [0.29, 0.717) is 5.82 Å². The summed E-state index contributed by atoms with van der Waals surface area (Å²) in [7, 11) is 2.01. The average Bonchev–Trinajstić information content (AvgIpc) is 3.46. The van der Waals surface area contributed by atoms with E-state index in [1.807, 2.05) is 38.4 Å². The summed E-state index contributed by atoms with van der Waals surface area (Å²) in [5.41, 5.74) is 4.83. The van der Waals surface area contributed by atoms with Crippen LogP contribution in [-0.2, 0) is 4.79 Å². The third-order valence-electron chi connectivity index (χ3n) is 4.33. The molecule has 0 atom stereocenters. The fraction of sp³-hybridized carbons (Fsp3) is 0.211. The first-order valence-corrected chi connectivity index (χ1v) is 8.21. The zero-order valence-corrected chi connectivity index (χ0v) is 13.5. The Labute approximate surface area is 141 Å². The minimum atomic E-state index is 0.0462. The van der Waals surface area contributed by atoms with Crippen LogP contribution < -0.4 is 10.8 Å². The Morgan fingerprint density at radius 3 is 2.62 bits per heavy atom. The molecule has 3 aromatic rings. The summed E-state index contributed by atoms with van der Waals surface area (Å²) in [4.78, 5) is 21.2. The SMILES string of the molecule is C[B]c1ccc(-c2ccccc2)c2ncc(NC(=O)C3CC3)nc12. The van der Waals surface area contributed by atoms with Crippen molar-refractivity contribution in [2.45, 2.75) is 19.7 Å². The summed E-state index contributed by atoms with van der Waals surface area (Å²) < 4.78 is 0. The number of hydrogen-bond donors (Lipinski definition) is 1. The lowest BCUT2D eigenvalue weighted by molar-refractivity contribution is -0.117. The molecule has 5 heteroatoms. The van der Waals surface area contributed by atoms with Gasteiger partial charge in [-0.05, 0) is 18.4 Å². The van der Waals surface area contributed by atoms with Gasteiger partial charge in [-0.2, -0.15) is 0 Å². The monoisotopic (exact) mass is 314 g/mol.